The first-order valence-electron chi connectivity index (χ1n) is 6.72. The van der Waals surface area contributed by atoms with Gasteiger partial charge in [-0.2, -0.15) is 0 Å². The molecule has 1 aliphatic heterocycles. The number of likely N-dealkylation sites (tertiary alicyclic amines) is 1. The first-order chi connectivity index (χ1) is 6.95. The molecule has 2 rings (SSSR count). The van der Waals surface area contributed by atoms with Crippen LogP contribution in [0.3, 0.4) is 0 Å². The van der Waals surface area contributed by atoms with Crippen molar-refractivity contribution >= 4 is 0 Å². The van der Waals surface area contributed by atoms with Crippen molar-refractivity contribution in [3.63, 3.8) is 0 Å². The monoisotopic (exact) mass is 209 g/mol. The molecular formula is C14H27N. The van der Waals surface area contributed by atoms with Crippen molar-refractivity contribution in [1.29, 1.82) is 0 Å². The molecule has 1 heteroatoms. The minimum absolute atomic E-state index is 0.375. The Morgan fingerprint density at radius 1 is 1.33 bits per heavy atom. The maximum absolute atomic E-state index is 2.78. The predicted octanol–water partition coefficient (Wildman–Crippen LogP) is 3.54. The minimum atomic E-state index is 0.375. The molecule has 2 aliphatic rings. The SMILES string of the molecule is CCCC(C)C1C2CC2CN1C(C)(C)C. The van der Waals surface area contributed by atoms with Crippen molar-refractivity contribution in [2.45, 2.75) is 65.5 Å². The summed E-state index contributed by atoms with van der Waals surface area (Å²) in [5.74, 6) is 2.99. The van der Waals surface area contributed by atoms with E-state index in [-0.39, 0.29) is 0 Å². The maximum atomic E-state index is 2.78. The second-order valence-electron chi connectivity index (χ2n) is 6.74. The third-order valence-corrected chi connectivity index (χ3v) is 4.40. The first kappa shape index (κ1) is 11.4. The van der Waals surface area contributed by atoms with Crippen LogP contribution in [-0.4, -0.2) is 23.0 Å². The van der Waals surface area contributed by atoms with Crippen molar-refractivity contribution in [2.24, 2.45) is 17.8 Å². The van der Waals surface area contributed by atoms with Crippen LogP contribution in [0.5, 0.6) is 0 Å². The molecule has 88 valence electrons. The lowest BCUT2D eigenvalue weighted by atomic mass is 9.90. The number of hydrogen-bond donors (Lipinski definition) is 0. The smallest absolute Gasteiger partial charge is 0.0158 e. The Labute approximate surface area is 95.2 Å². The van der Waals surface area contributed by atoms with E-state index in [1.807, 2.05) is 0 Å². The Hall–Kier alpha value is -0.0400. The summed E-state index contributed by atoms with van der Waals surface area (Å²) >= 11 is 0. The Morgan fingerprint density at radius 2 is 2.00 bits per heavy atom. The zero-order valence-corrected chi connectivity index (χ0v) is 11.1. The van der Waals surface area contributed by atoms with Crippen LogP contribution in [0.2, 0.25) is 0 Å². The Kier molecular flexibility index (Phi) is 2.87. The number of rotatable bonds is 3. The maximum Gasteiger partial charge on any atom is 0.0158 e. The number of nitrogens with zero attached hydrogens (tertiary/aromatic N) is 1. The van der Waals surface area contributed by atoms with Gasteiger partial charge in [0, 0.05) is 18.1 Å². The van der Waals surface area contributed by atoms with Gasteiger partial charge in [-0.1, -0.05) is 20.3 Å². The molecule has 4 unspecified atom stereocenters. The van der Waals surface area contributed by atoms with Gasteiger partial charge >= 0.3 is 0 Å². The fraction of sp³-hybridized carbons (Fsp3) is 1.00. The van der Waals surface area contributed by atoms with Gasteiger partial charge in [0.1, 0.15) is 0 Å². The summed E-state index contributed by atoms with van der Waals surface area (Å²) in [5.41, 5.74) is 0.375. The molecule has 0 aromatic heterocycles. The fourth-order valence-electron chi connectivity index (χ4n) is 3.58. The molecule has 4 atom stereocenters. The summed E-state index contributed by atoms with van der Waals surface area (Å²) in [6.07, 6.45) is 4.26. The summed E-state index contributed by atoms with van der Waals surface area (Å²) in [6, 6.07) is 0.884. The first-order valence-corrected chi connectivity index (χ1v) is 6.72. The summed E-state index contributed by atoms with van der Waals surface area (Å²) in [6.45, 7) is 13.3. The molecule has 1 aliphatic carbocycles. The van der Waals surface area contributed by atoms with Crippen LogP contribution < -0.4 is 0 Å². The predicted molar refractivity (Wildman–Crippen MR) is 65.9 cm³/mol. The molecule has 1 saturated carbocycles. The van der Waals surface area contributed by atoms with Gasteiger partial charge in [0.25, 0.3) is 0 Å². The minimum Gasteiger partial charge on any atom is -0.295 e. The Morgan fingerprint density at radius 3 is 2.53 bits per heavy atom. The number of fused-ring (bicyclic) bond motifs is 1. The molecule has 0 N–H and O–H groups in total. The molecule has 2 fully saturated rings. The normalized spacial score (nSPS) is 37.8. The summed E-state index contributed by atoms with van der Waals surface area (Å²) in [5, 5.41) is 0. The van der Waals surface area contributed by atoms with Crippen LogP contribution in [0.15, 0.2) is 0 Å². The highest BCUT2D eigenvalue weighted by Gasteiger charge is 2.55. The quantitative estimate of drug-likeness (QED) is 0.687. The van der Waals surface area contributed by atoms with Gasteiger partial charge in [0.2, 0.25) is 0 Å². The highest BCUT2D eigenvalue weighted by atomic mass is 15.3. The zero-order chi connectivity index (χ0) is 11.2. The molecule has 0 bridgehead atoms. The van der Waals surface area contributed by atoms with E-state index in [0.717, 1.165) is 23.8 Å². The van der Waals surface area contributed by atoms with Gasteiger partial charge in [0.05, 0.1) is 0 Å². The van der Waals surface area contributed by atoms with Crippen molar-refractivity contribution in [3.05, 3.63) is 0 Å². The lowest BCUT2D eigenvalue weighted by molar-refractivity contribution is 0.0668. The second kappa shape index (κ2) is 3.76. The van der Waals surface area contributed by atoms with Crippen molar-refractivity contribution in [1.82, 2.24) is 4.90 Å². The van der Waals surface area contributed by atoms with Gasteiger partial charge in [-0.15, -0.1) is 0 Å². The van der Waals surface area contributed by atoms with Crippen LogP contribution in [0.25, 0.3) is 0 Å². The van der Waals surface area contributed by atoms with E-state index < -0.39 is 0 Å². The molecule has 1 nitrogen and oxygen atoms in total. The van der Waals surface area contributed by atoms with Gasteiger partial charge < -0.3 is 0 Å². The Bertz CT molecular complexity index is 228. The third kappa shape index (κ3) is 2.08. The molecule has 1 saturated heterocycles. The summed E-state index contributed by atoms with van der Waals surface area (Å²) < 4.78 is 0. The molecule has 0 radical (unpaired) electrons. The molecule has 0 spiro atoms. The number of piperidine rings is 1. The van der Waals surface area contributed by atoms with Gasteiger partial charge in [-0.05, 0) is 51.4 Å². The van der Waals surface area contributed by atoms with E-state index in [1.165, 1.54) is 25.8 Å². The van der Waals surface area contributed by atoms with Gasteiger partial charge in [0.15, 0.2) is 0 Å². The molecule has 0 aromatic rings. The standard InChI is InChI=1S/C14H27N/c1-6-7-10(2)13-12-8-11(12)9-15(13)14(3,4)5/h10-13H,6-9H2,1-5H3. The van der Waals surface area contributed by atoms with Crippen molar-refractivity contribution < 1.29 is 0 Å². The summed E-state index contributed by atoms with van der Waals surface area (Å²) in [7, 11) is 0. The van der Waals surface area contributed by atoms with Crippen LogP contribution >= 0.6 is 0 Å². The lowest BCUT2D eigenvalue weighted by Crippen LogP contribution is -2.49. The fourth-order valence-corrected chi connectivity index (χ4v) is 3.58. The highest BCUT2D eigenvalue weighted by molar-refractivity contribution is 5.08. The van der Waals surface area contributed by atoms with E-state index in [1.54, 1.807) is 0 Å². The molecule has 0 aromatic carbocycles. The topological polar surface area (TPSA) is 3.24 Å². The molecular weight excluding hydrogens is 182 g/mol. The zero-order valence-electron chi connectivity index (χ0n) is 11.1. The van der Waals surface area contributed by atoms with Crippen LogP contribution in [0.4, 0.5) is 0 Å². The van der Waals surface area contributed by atoms with E-state index in [2.05, 4.69) is 39.5 Å². The molecule has 1 heterocycles. The third-order valence-electron chi connectivity index (χ3n) is 4.40. The molecule has 15 heavy (non-hydrogen) atoms. The van der Waals surface area contributed by atoms with Crippen molar-refractivity contribution in [3.8, 4) is 0 Å². The van der Waals surface area contributed by atoms with Gasteiger partial charge in [-0.25, -0.2) is 0 Å². The highest BCUT2D eigenvalue weighted by Crippen LogP contribution is 2.54. The van der Waals surface area contributed by atoms with Crippen LogP contribution in [0.1, 0.15) is 53.9 Å². The summed E-state index contributed by atoms with van der Waals surface area (Å²) in [4.78, 5) is 2.78. The number of hydrogen-bond acceptors (Lipinski definition) is 1. The van der Waals surface area contributed by atoms with Crippen molar-refractivity contribution in [2.75, 3.05) is 6.54 Å². The van der Waals surface area contributed by atoms with E-state index >= 15 is 0 Å². The van der Waals surface area contributed by atoms with Gasteiger partial charge in [-0.3, -0.25) is 4.90 Å². The lowest BCUT2D eigenvalue weighted by Gasteiger charge is -2.41. The average Bonchev–Trinajstić information content (AvgIpc) is 2.75. The van der Waals surface area contributed by atoms with E-state index in [0.29, 0.717) is 5.54 Å². The van der Waals surface area contributed by atoms with E-state index in [9.17, 15) is 0 Å². The Balaban J connectivity index is 2.06. The second-order valence-corrected chi connectivity index (χ2v) is 6.74. The van der Waals surface area contributed by atoms with E-state index in [4.69, 9.17) is 0 Å². The molecule has 0 amide bonds. The average molecular weight is 209 g/mol. The largest absolute Gasteiger partial charge is 0.295 e. The van der Waals surface area contributed by atoms with Crippen LogP contribution in [-0.2, 0) is 0 Å². The van der Waals surface area contributed by atoms with Crippen LogP contribution in [0, 0.1) is 17.8 Å².